The lowest BCUT2D eigenvalue weighted by Crippen LogP contribution is -2.19. The predicted molar refractivity (Wildman–Crippen MR) is 78.4 cm³/mol. The first-order valence-electron chi connectivity index (χ1n) is 5.76. The largest absolute Gasteiger partial charge is 0.192 e. The topological polar surface area (TPSA) is 23.8 Å². The van der Waals surface area contributed by atoms with Crippen LogP contribution in [0.15, 0.2) is 16.6 Å². The smallest absolute Gasteiger partial charge is 0.100 e. The van der Waals surface area contributed by atoms with Gasteiger partial charge in [-0.1, -0.05) is 0 Å². The zero-order chi connectivity index (χ0) is 11.9. The molecule has 2 aliphatic rings. The Labute approximate surface area is 118 Å². The van der Waals surface area contributed by atoms with E-state index in [0.29, 0.717) is 0 Å². The predicted octanol–water partition coefficient (Wildman–Crippen LogP) is 4.29. The van der Waals surface area contributed by atoms with Gasteiger partial charge in [0, 0.05) is 4.47 Å². The SMILES string of the molecule is N#Cc1cc2c(cc1Br)CCC21SCCCS1. The maximum absolute atomic E-state index is 9.14. The van der Waals surface area contributed by atoms with Crippen molar-refractivity contribution >= 4 is 39.5 Å². The van der Waals surface area contributed by atoms with Crippen LogP contribution in [0.3, 0.4) is 0 Å². The average Bonchev–Trinajstić information content (AvgIpc) is 2.68. The highest BCUT2D eigenvalue weighted by molar-refractivity contribution is 9.10. The third-order valence-corrected chi connectivity index (χ3v) is 7.54. The number of aryl methyl sites for hydroxylation is 1. The van der Waals surface area contributed by atoms with Crippen LogP contribution in [0.2, 0.25) is 0 Å². The zero-order valence-corrected chi connectivity index (χ0v) is 12.6. The molecule has 1 aromatic rings. The van der Waals surface area contributed by atoms with E-state index >= 15 is 0 Å². The minimum absolute atomic E-state index is 0.250. The van der Waals surface area contributed by atoms with E-state index in [9.17, 15) is 0 Å². The lowest BCUT2D eigenvalue weighted by Gasteiger charge is -2.33. The van der Waals surface area contributed by atoms with Gasteiger partial charge in [0.25, 0.3) is 0 Å². The van der Waals surface area contributed by atoms with Crippen LogP contribution in [0.1, 0.15) is 29.5 Å². The van der Waals surface area contributed by atoms with E-state index in [2.05, 4.69) is 57.7 Å². The summed E-state index contributed by atoms with van der Waals surface area (Å²) in [5.41, 5.74) is 3.61. The third kappa shape index (κ3) is 1.93. The minimum Gasteiger partial charge on any atom is -0.192 e. The molecule has 1 spiro atoms. The molecule has 1 heterocycles. The number of thioether (sulfide) groups is 2. The van der Waals surface area contributed by atoms with Gasteiger partial charge >= 0.3 is 0 Å². The second-order valence-electron chi connectivity index (χ2n) is 4.40. The molecule has 0 amide bonds. The highest BCUT2D eigenvalue weighted by Gasteiger charge is 2.41. The fourth-order valence-corrected chi connectivity index (χ4v) is 6.49. The molecule has 1 aromatic carbocycles. The molecule has 1 nitrogen and oxygen atoms in total. The van der Waals surface area contributed by atoms with Gasteiger partial charge in [-0.25, -0.2) is 0 Å². The molecule has 0 atom stereocenters. The minimum atomic E-state index is 0.250. The number of nitrogens with zero attached hydrogens (tertiary/aromatic N) is 1. The molecule has 1 fully saturated rings. The van der Waals surface area contributed by atoms with E-state index in [4.69, 9.17) is 5.26 Å². The number of hydrogen-bond acceptors (Lipinski definition) is 3. The second kappa shape index (κ2) is 4.53. The Morgan fingerprint density at radius 2 is 2.06 bits per heavy atom. The number of halogens is 1. The van der Waals surface area contributed by atoms with Crippen molar-refractivity contribution < 1.29 is 0 Å². The van der Waals surface area contributed by atoms with Crippen molar-refractivity contribution in [2.75, 3.05) is 11.5 Å². The number of benzene rings is 1. The van der Waals surface area contributed by atoms with Crippen LogP contribution in [-0.4, -0.2) is 11.5 Å². The summed E-state index contributed by atoms with van der Waals surface area (Å²) in [4.78, 5) is 0. The Morgan fingerprint density at radius 1 is 1.29 bits per heavy atom. The Bertz CT molecular complexity index is 501. The van der Waals surface area contributed by atoms with E-state index in [1.165, 1.54) is 35.5 Å². The highest BCUT2D eigenvalue weighted by atomic mass is 79.9. The first kappa shape index (κ1) is 12.0. The van der Waals surface area contributed by atoms with Gasteiger partial charge < -0.3 is 0 Å². The quantitative estimate of drug-likeness (QED) is 0.711. The summed E-state index contributed by atoms with van der Waals surface area (Å²) in [5, 5.41) is 9.14. The van der Waals surface area contributed by atoms with Crippen LogP contribution in [0.4, 0.5) is 0 Å². The van der Waals surface area contributed by atoms with Gasteiger partial charge in [-0.2, -0.15) is 5.26 Å². The highest BCUT2D eigenvalue weighted by Crippen LogP contribution is 2.58. The van der Waals surface area contributed by atoms with Gasteiger partial charge in [0.2, 0.25) is 0 Å². The standard InChI is InChI=1S/C13H12BrNS2/c14-12-7-9-2-3-13(16-4-1-5-17-13)11(9)6-10(12)8-15/h6-7H,1-5H2. The fraction of sp³-hybridized carbons (Fsp3) is 0.462. The van der Waals surface area contributed by atoms with Crippen LogP contribution < -0.4 is 0 Å². The van der Waals surface area contributed by atoms with E-state index in [1.807, 2.05) is 0 Å². The van der Waals surface area contributed by atoms with E-state index < -0.39 is 0 Å². The summed E-state index contributed by atoms with van der Waals surface area (Å²) < 4.78 is 1.20. The summed E-state index contributed by atoms with van der Waals surface area (Å²) in [7, 11) is 0. The zero-order valence-electron chi connectivity index (χ0n) is 9.33. The molecule has 0 radical (unpaired) electrons. The molecule has 17 heavy (non-hydrogen) atoms. The maximum Gasteiger partial charge on any atom is 0.100 e. The van der Waals surface area contributed by atoms with Gasteiger partial charge in [-0.3, -0.25) is 0 Å². The van der Waals surface area contributed by atoms with Crippen LogP contribution >= 0.6 is 39.5 Å². The van der Waals surface area contributed by atoms with Gasteiger partial charge in [-0.15, -0.1) is 23.5 Å². The molecule has 0 aromatic heterocycles. The van der Waals surface area contributed by atoms with Crippen LogP contribution in [0.5, 0.6) is 0 Å². The molecule has 4 heteroatoms. The van der Waals surface area contributed by atoms with Crippen molar-refractivity contribution in [1.82, 2.24) is 0 Å². The van der Waals surface area contributed by atoms with Gasteiger partial charge in [-0.05, 0) is 70.0 Å². The van der Waals surface area contributed by atoms with E-state index in [-0.39, 0.29) is 4.08 Å². The van der Waals surface area contributed by atoms with Gasteiger partial charge in [0.05, 0.1) is 9.64 Å². The Balaban J connectivity index is 2.10. The molecule has 0 saturated carbocycles. The fourth-order valence-electron chi connectivity index (χ4n) is 2.57. The summed E-state index contributed by atoms with van der Waals surface area (Å²) in [6.45, 7) is 0. The molecule has 0 N–H and O–H groups in total. The van der Waals surface area contributed by atoms with Crippen molar-refractivity contribution in [2.24, 2.45) is 0 Å². The Morgan fingerprint density at radius 3 is 2.76 bits per heavy atom. The number of nitriles is 1. The van der Waals surface area contributed by atoms with Crippen molar-refractivity contribution in [1.29, 1.82) is 5.26 Å². The summed E-state index contributed by atoms with van der Waals surface area (Å²) in [5.74, 6) is 2.51. The Hall–Kier alpha value is -0.110. The van der Waals surface area contributed by atoms with Gasteiger partial charge in [0.1, 0.15) is 6.07 Å². The van der Waals surface area contributed by atoms with Crippen LogP contribution in [0.25, 0.3) is 0 Å². The third-order valence-electron chi connectivity index (χ3n) is 3.41. The average molecular weight is 326 g/mol. The molecule has 1 aliphatic heterocycles. The van der Waals surface area contributed by atoms with E-state index in [0.717, 1.165) is 16.5 Å². The molecule has 0 bridgehead atoms. The van der Waals surface area contributed by atoms with Crippen molar-refractivity contribution in [3.63, 3.8) is 0 Å². The molecule has 88 valence electrons. The number of hydrogen-bond donors (Lipinski definition) is 0. The lowest BCUT2D eigenvalue weighted by atomic mass is 10.1. The molecule has 1 saturated heterocycles. The van der Waals surface area contributed by atoms with Crippen molar-refractivity contribution in [3.8, 4) is 6.07 Å². The molecule has 0 unspecified atom stereocenters. The maximum atomic E-state index is 9.14. The van der Waals surface area contributed by atoms with Crippen LogP contribution in [0, 0.1) is 11.3 Å². The summed E-state index contributed by atoms with van der Waals surface area (Å²) in [6.07, 6.45) is 3.69. The molecular formula is C13H12BrNS2. The molecular weight excluding hydrogens is 314 g/mol. The summed E-state index contributed by atoms with van der Waals surface area (Å²) >= 11 is 7.64. The Kier molecular flexibility index (Phi) is 3.18. The normalized spacial score (nSPS) is 21.2. The number of fused-ring (bicyclic) bond motifs is 2. The van der Waals surface area contributed by atoms with Crippen molar-refractivity contribution in [2.45, 2.75) is 23.3 Å². The first-order valence-corrected chi connectivity index (χ1v) is 8.52. The molecule has 3 rings (SSSR count). The van der Waals surface area contributed by atoms with E-state index in [1.54, 1.807) is 0 Å². The lowest BCUT2D eigenvalue weighted by molar-refractivity contribution is 0.824. The number of rotatable bonds is 0. The summed E-state index contributed by atoms with van der Waals surface area (Å²) in [6, 6.07) is 6.54. The van der Waals surface area contributed by atoms with Gasteiger partial charge in [0.15, 0.2) is 0 Å². The molecule has 1 aliphatic carbocycles. The second-order valence-corrected chi connectivity index (χ2v) is 8.30. The van der Waals surface area contributed by atoms with Crippen LogP contribution in [-0.2, 0) is 10.5 Å². The first-order chi connectivity index (χ1) is 8.25. The van der Waals surface area contributed by atoms with Crippen molar-refractivity contribution in [3.05, 3.63) is 33.3 Å². The monoisotopic (exact) mass is 325 g/mol.